The van der Waals surface area contributed by atoms with Crippen molar-refractivity contribution in [3.63, 3.8) is 0 Å². The summed E-state index contributed by atoms with van der Waals surface area (Å²) in [5.41, 5.74) is 0.843. The molecule has 0 radical (unpaired) electrons. The van der Waals surface area contributed by atoms with Crippen LogP contribution in [0.4, 0.5) is 0 Å². The van der Waals surface area contributed by atoms with Crippen LogP contribution in [0, 0.1) is 5.92 Å². The van der Waals surface area contributed by atoms with Crippen molar-refractivity contribution in [3.05, 3.63) is 35.9 Å². The van der Waals surface area contributed by atoms with Crippen molar-refractivity contribution in [1.29, 1.82) is 0 Å². The number of carbonyl (C=O) groups is 2. The Morgan fingerprint density at radius 3 is 2.64 bits per heavy atom. The highest BCUT2D eigenvalue weighted by Crippen LogP contribution is 2.21. The van der Waals surface area contributed by atoms with Crippen LogP contribution in [0.25, 0.3) is 0 Å². The molecule has 182 valence electrons. The zero-order valence-corrected chi connectivity index (χ0v) is 19.8. The van der Waals surface area contributed by atoms with E-state index in [0.29, 0.717) is 25.9 Å². The minimum atomic E-state index is -3.61. The molecule has 2 heterocycles. The van der Waals surface area contributed by atoms with E-state index in [4.69, 9.17) is 5.84 Å². The molecule has 0 spiro atoms. The number of nitrogens with zero attached hydrogens (tertiary/aromatic N) is 3. The second-order valence-electron chi connectivity index (χ2n) is 8.83. The van der Waals surface area contributed by atoms with Crippen molar-refractivity contribution in [2.75, 3.05) is 32.4 Å². The highest BCUT2D eigenvalue weighted by molar-refractivity contribution is 7.88. The monoisotopic (exact) mass is 478 g/mol. The number of hydrogen-bond acceptors (Lipinski definition) is 6. The Kier molecular flexibility index (Phi) is 8.67. The SMILES string of the molecule is CS(=O)(=O)N[C@H](Cc1ccccc1)C(=O)N1CCC[C@H]1C(=O)NCC1CCCN(C=NN)C1. The third-order valence-electron chi connectivity index (χ3n) is 6.12. The van der Waals surface area contributed by atoms with Crippen LogP contribution < -0.4 is 15.9 Å². The van der Waals surface area contributed by atoms with Gasteiger partial charge in [-0.2, -0.15) is 5.10 Å². The molecular formula is C22H34N6O4S. The van der Waals surface area contributed by atoms with Gasteiger partial charge in [-0.3, -0.25) is 9.59 Å². The normalized spacial score (nSPS) is 22.5. The minimum absolute atomic E-state index is 0.191. The molecule has 1 unspecified atom stereocenters. The number of carbonyl (C=O) groups excluding carboxylic acids is 2. The quantitative estimate of drug-likeness (QED) is 0.196. The van der Waals surface area contributed by atoms with Crippen LogP contribution in [-0.4, -0.2) is 80.9 Å². The molecule has 11 heteroatoms. The van der Waals surface area contributed by atoms with Crippen LogP contribution in [0.2, 0.25) is 0 Å². The van der Waals surface area contributed by atoms with Gasteiger partial charge in [-0.25, -0.2) is 13.1 Å². The fourth-order valence-electron chi connectivity index (χ4n) is 4.62. The molecule has 2 aliphatic rings. The van der Waals surface area contributed by atoms with E-state index in [-0.39, 0.29) is 24.2 Å². The van der Waals surface area contributed by atoms with Gasteiger partial charge in [0.15, 0.2) is 0 Å². The van der Waals surface area contributed by atoms with Crippen molar-refractivity contribution in [1.82, 2.24) is 19.8 Å². The van der Waals surface area contributed by atoms with E-state index in [1.54, 1.807) is 6.34 Å². The summed E-state index contributed by atoms with van der Waals surface area (Å²) in [7, 11) is -3.61. The molecule has 2 amide bonds. The van der Waals surface area contributed by atoms with Crippen molar-refractivity contribution >= 4 is 28.2 Å². The molecule has 1 aromatic rings. The van der Waals surface area contributed by atoms with Crippen molar-refractivity contribution in [2.24, 2.45) is 16.9 Å². The van der Waals surface area contributed by atoms with Gasteiger partial charge in [0.25, 0.3) is 0 Å². The number of nitrogens with one attached hydrogen (secondary N) is 2. The van der Waals surface area contributed by atoms with Crippen LogP contribution in [0.15, 0.2) is 35.4 Å². The van der Waals surface area contributed by atoms with E-state index in [0.717, 1.165) is 37.8 Å². The van der Waals surface area contributed by atoms with Gasteiger partial charge in [0.05, 0.1) is 6.26 Å². The lowest BCUT2D eigenvalue weighted by Gasteiger charge is -2.32. The highest BCUT2D eigenvalue weighted by atomic mass is 32.2. The Morgan fingerprint density at radius 1 is 1.21 bits per heavy atom. The zero-order valence-electron chi connectivity index (χ0n) is 19.0. The molecule has 3 atom stereocenters. The molecule has 33 heavy (non-hydrogen) atoms. The maximum Gasteiger partial charge on any atom is 0.242 e. The Morgan fingerprint density at radius 2 is 1.94 bits per heavy atom. The Bertz CT molecular complexity index is 939. The van der Waals surface area contributed by atoms with Crippen LogP contribution >= 0.6 is 0 Å². The Hall–Kier alpha value is -2.66. The molecule has 1 aromatic carbocycles. The number of benzene rings is 1. The summed E-state index contributed by atoms with van der Waals surface area (Å²) >= 11 is 0. The third kappa shape index (κ3) is 7.43. The molecule has 3 rings (SSSR count). The van der Waals surface area contributed by atoms with Gasteiger partial charge in [-0.1, -0.05) is 30.3 Å². The number of hydrogen-bond donors (Lipinski definition) is 3. The van der Waals surface area contributed by atoms with E-state index in [1.807, 2.05) is 35.2 Å². The Labute approximate surface area is 195 Å². The summed E-state index contributed by atoms with van der Waals surface area (Å²) in [6, 6.07) is 7.69. The lowest BCUT2D eigenvalue weighted by molar-refractivity contribution is -0.139. The fourth-order valence-corrected chi connectivity index (χ4v) is 5.32. The first kappa shape index (κ1) is 25.0. The summed E-state index contributed by atoms with van der Waals surface area (Å²) in [5.74, 6) is 4.96. The molecule has 10 nitrogen and oxygen atoms in total. The molecule has 0 saturated carbocycles. The summed E-state index contributed by atoms with van der Waals surface area (Å²) in [6.07, 6.45) is 6.13. The number of hydrazone groups is 1. The first-order valence-electron chi connectivity index (χ1n) is 11.3. The second kappa shape index (κ2) is 11.5. The third-order valence-corrected chi connectivity index (χ3v) is 6.83. The lowest BCUT2D eigenvalue weighted by atomic mass is 9.98. The first-order chi connectivity index (χ1) is 15.8. The summed E-state index contributed by atoms with van der Waals surface area (Å²) in [6.45, 7) is 2.61. The zero-order chi connectivity index (χ0) is 23.8. The van der Waals surface area contributed by atoms with Crippen LogP contribution in [0.5, 0.6) is 0 Å². The molecule has 2 aliphatic heterocycles. The molecule has 0 aromatic heterocycles. The number of rotatable bonds is 9. The number of piperidine rings is 1. The van der Waals surface area contributed by atoms with E-state index < -0.39 is 22.1 Å². The molecule has 0 aliphatic carbocycles. The topological polar surface area (TPSA) is 137 Å². The molecule has 0 bridgehead atoms. The fraction of sp³-hybridized carbons (Fsp3) is 0.591. The molecular weight excluding hydrogens is 444 g/mol. The van der Waals surface area contributed by atoms with Crippen molar-refractivity contribution in [2.45, 2.75) is 44.2 Å². The van der Waals surface area contributed by atoms with Crippen LogP contribution in [-0.2, 0) is 26.0 Å². The number of nitrogens with two attached hydrogens (primary N) is 1. The predicted octanol–water partition coefficient (Wildman–Crippen LogP) is -0.132. The van der Waals surface area contributed by atoms with Crippen molar-refractivity contribution in [3.8, 4) is 0 Å². The predicted molar refractivity (Wildman–Crippen MR) is 127 cm³/mol. The van der Waals surface area contributed by atoms with E-state index in [2.05, 4.69) is 15.1 Å². The van der Waals surface area contributed by atoms with Gasteiger partial charge in [0, 0.05) is 26.2 Å². The van der Waals surface area contributed by atoms with Crippen LogP contribution in [0.3, 0.4) is 0 Å². The molecule has 2 fully saturated rings. The highest BCUT2D eigenvalue weighted by Gasteiger charge is 2.38. The van der Waals surface area contributed by atoms with Crippen LogP contribution in [0.1, 0.15) is 31.2 Å². The smallest absolute Gasteiger partial charge is 0.242 e. The summed E-state index contributed by atoms with van der Waals surface area (Å²) in [4.78, 5) is 29.9. The maximum absolute atomic E-state index is 13.3. The molecule has 4 N–H and O–H groups in total. The minimum Gasteiger partial charge on any atom is -0.361 e. The van der Waals surface area contributed by atoms with E-state index in [9.17, 15) is 18.0 Å². The largest absolute Gasteiger partial charge is 0.361 e. The van der Waals surface area contributed by atoms with Crippen molar-refractivity contribution < 1.29 is 18.0 Å². The van der Waals surface area contributed by atoms with Gasteiger partial charge < -0.3 is 21.0 Å². The second-order valence-corrected chi connectivity index (χ2v) is 10.6. The number of sulfonamides is 1. The molecule has 2 saturated heterocycles. The van der Waals surface area contributed by atoms with Gasteiger partial charge in [0.2, 0.25) is 21.8 Å². The van der Waals surface area contributed by atoms with E-state index in [1.165, 1.54) is 4.90 Å². The average molecular weight is 479 g/mol. The maximum atomic E-state index is 13.3. The lowest BCUT2D eigenvalue weighted by Crippen LogP contribution is -2.54. The van der Waals surface area contributed by atoms with E-state index >= 15 is 0 Å². The van der Waals surface area contributed by atoms with Gasteiger partial charge in [-0.05, 0) is 43.6 Å². The van der Waals surface area contributed by atoms with Gasteiger partial charge >= 0.3 is 0 Å². The number of likely N-dealkylation sites (tertiary alicyclic amines) is 2. The Balaban J connectivity index is 1.63. The first-order valence-corrected chi connectivity index (χ1v) is 13.2. The number of amides is 2. The summed E-state index contributed by atoms with van der Waals surface area (Å²) < 4.78 is 26.3. The standard InChI is InChI=1S/C22H34N6O4S/c1-33(31,32)26-19(13-17-7-3-2-4-8-17)22(30)28-12-6-10-20(28)21(29)24-14-18-9-5-11-27(15-18)16-25-23/h2-4,7-8,16,18-20,26H,5-6,9-15,23H2,1H3,(H,24,29)/t18?,19-,20+/m1/s1. The summed E-state index contributed by atoms with van der Waals surface area (Å²) in [5, 5.41) is 6.58. The van der Waals surface area contributed by atoms with Gasteiger partial charge in [0.1, 0.15) is 18.4 Å². The average Bonchev–Trinajstić information content (AvgIpc) is 3.27. The van der Waals surface area contributed by atoms with Gasteiger partial charge in [-0.15, -0.1) is 0 Å².